The number of ether oxygens (including phenoxy) is 1. The summed E-state index contributed by atoms with van der Waals surface area (Å²) >= 11 is 0. The average Bonchev–Trinajstić information content (AvgIpc) is 2.20. The summed E-state index contributed by atoms with van der Waals surface area (Å²) in [6.45, 7) is 11.8. The molecule has 0 bridgehead atoms. The van der Waals surface area contributed by atoms with Crippen molar-refractivity contribution in [2.24, 2.45) is 5.92 Å². The molecule has 0 saturated heterocycles. The summed E-state index contributed by atoms with van der Waals surface area (Å²) in [4.78, 5) is 0. The Labute approximate surface area is 89.4 Å². The predicted molar refractivity (Wildman–Crippen MR) is 62.6 cm³/mol. The smallest absolute Gasteiger partial charge is 0.0466 e. The summed E-state index contributed by atoms with van der Waals surface area (Å²) in [5.74, 6) is 0.752. The lowest BCUT2D eigenvalue weighted by atomic mass is 9.98. The molecule has 0 aromatic carbocycles. The van der Waals surface area contributed by atoms with Crippen molar-refractivity contribution < 1.29 is 4.74 Å². The quantitative estimate of drug-likeness (QED) is 0.579. The van der Waals surface area contributed by atoms with E-state index < -0.39 is 0 Å². The lowest BCUT2D eigenvalue weighted by molar-refractivity contribution is 0.138. The van der Waals surface area contributed by atoms with E-state index in [-0.39, 0.29) is 0 Å². The van der Waals surface area contributed by atoms with Crippen LogP contribution in [0.1, 0.15) is 47.0 Å². The van der Waals surface area contributed by atoms with Gasteiger partial charge < -0.3 is 10.1 Å². The predicted octanol–water partition coefficient (Wildman–Crippen LogP) is 2.83. The van der Waals surface area contributed by atoms with Crippen molar-refractivity contribution in [3.8, 4) is 0 Å². The maximum absolute atomic E-state index is 5.32. The van der Waals surface area contributed by atoms with Gasteiger partial charge in [0.25, 0.3) is 0 Å². The summed E-state index contributed by atoms with van der Waals surface area (Å²) in [6.07, 6.45) is 3.67. The van der Waals surface area contributed by atoms with Gasteiger partial charge in [-0.15, -0.1) is 0 Å². The van der Waals surface area contributed by atoms with E-state index in [0.717, 1.165) is 25.7 Å². The van der Waals surface area contributed by atoms with Crippen LogP contribution >= 0.6 is 0 Å². The SMILES string of the molecule is CCCNC(C)C(C)CCCOCC. The van der Waals surface area contributed by atoms with Gasteiger partial charge in [0.1, 0.15) is 0 Å². The normalized spacial score (nSPS) is 15.4. The highest BCUT2D eigenvalue weighted by molar-refractivity contribution is 4.67. The maximum atomic E-state index is 5.32. The summed E-state index contributed by atoms with van der Waals surface area (Å²) < 4.78 is 5.32. The van der Waals surface area contributed by atoms with Crippen LogP contribution in [0.5, 0.6) is 0 Å². The van der Waals surface area contributed by atoms with Gasteiger partial charge in [0.05, 0.1) is 0 Å². The third kappa shape index (κ3) is 7.34. The zero-order valence-electron chi connectivity index (χ0n) is 10.3. The topological polar surface area (TPSA) is 21.3 Å². The van der Waals surface area contributed by atoms with E-state index in [2.05, 4.69) is 33.0 Å². The van der Waals surface area contributed by atoms with E-state index >= 15 is 0 Å². The molecule has 86 valence electrons. The Kier molecular flexibility index (Phi) is 9.42. The fourth-order valence-electron chi connectivity index (χ4n) is 1.47. The van der Waals surface area contributed by atoms with E-state index in [9.17, 15) is 0 Å². The molecule has 14 heavy (non-hydrogen) atoms. The summed E-state index contributed by atoms with van der Waals surface area (Å²) in [6, 6.07) is 0.636. The zero-order chi connectivity index (χ0) is 10.8. The van der Waals surface area contributed by atoms with Gasteiger partial charge in [-0.2, -0.15) is 0 Å². The highest BCUT2D eigenvalue weighted by Crippen LogP contribution is 2.10. The Morgan fingerprint density at radius 2 is 1.93 bits per heavy atom. The van der Waals surface area contributed by atoms with Crippen LogP contribution in [0, 0.1) is 5.92 Å². The molecule has 2 atom stereocenters. The molecule has 2 heteroatoms. The van der Waals surface area contributed by atoms with Gasteiger partial charge in [-0.25, -0.2) is 0 Å². The standard InChI is InChI=1S/C12H27NO/c1-5-9-13-12(4)11(3)8-7-10-14-6-2/h11-13H,5-10H2,1-4H3. The molecule has 0 saturated carbocycles. The van der Waals surface area contributed by atoms with Gasteiger partial charge in [0.2, 0.25) is 0 Å². The molecule has 0 aromatic heterocycles. The van der Waals surface area contributed by atoms with Crippen molar-refractivity contribution in [2.75, 3.05) is 19.8 Å². The first-order valence-electron chi connectivity index (χ1n) is 6.03. The molecule has 2 nitrogen and oxygen atoms in total. The Hall–Kier alpha value is -0.0800. The molecule has 0 aliphatic rings. The summed E-state index contributed by atoms with van der Waals surface area (Å²) in [5.41, 5.74) is 0. The second-order valence-electron chi connectivity index (χ2n) is 4.06. The van der Waals surface area contributed by atoms with Crippen molar-refractivity contribution in [3.05, 3.63) is 0 Å². The lowest BCUT2D eigenvalue weighted by Gasteiger charge is -2.20. The minimum Gasteiger partial charge on any atom is -0.382 e. The molecule has 2 unspecified atom stereocenters. The summed E-state index contributed by atoms with van der Waals surface area (Å²) in [5, 5.41) is 3.53. The van der Waals surface area contributed by atoms with E-state index in [1.165, 1.54) is 19.3 Å². The fourth-order valence-corrected chi connectivity index (χ4v) is 1.47. The van der Waals surface area contributed by atoms with Crippen molar-refractivity contribution in [1.29, 1.82) is 0 Å². The Balaban J connectivity index is 3.36. The van der Waals surface area contributed by atoms with Gasteiger partial charge in [-0.05, 0) is 45.6 Å². The number of nitrogens with one attached hydrogen (secondary N) is 1. The van der Waals surface area contributed by atoms with Crippen LogP contribution in [-0.4, -0.2) is 25.8 Å². The van der Waals surface area contributed by atoms with Crippen molar-refractivity contribution in [2.45, 2.75) is 53.0 Å². The molecule has 0 fully saturated rings. The van der Waals surface area contributed by atoms with Crippen LogP contribution in [0.25, 0.3) is 0 Å². The summed E-state index contributed by atoms with van der Waals surface area (Å²) in [7, 11) is 0. The molecule has 0 aromatic rings. The molecule has 0 heterocycles. The third-order valence-corrected chi connectivity index (χ3v) is 2.72. The van der Waals surface area contributed by atoms with Crippen molar-refractivity contribution in [1.82, 2.24) is 5.32 Å². The van der Waals surface area contributed by atoms with E-state index in [0.29, 0.717) is 6.04 Å². The molecule has 0 aliphatic heterocycles. The molecular weight excluding hydrogens is 174 g/mol. The molecular formula is C12H27NO. The molecule has 0 radical (unpaired) electrons. The maximum Gasteiger partial charge on any atom is 0.0466 e. The van der Waals surface area contributed by atoms with Crippen LogP contribution in [0.4, 0.5) is 0 Å². The van der Waals surface area contributed by atoms with Gasteiger partial charge in [-0.3, -0.25) is 0 Å². The minimum absolute atomic E-state index is 0.636. The molecule has 1 N–H and O–H groups in total. The lowest BCUT2D eigenvalue weighted by Crippen LogP contribution is -2.32. The third-order valence-electron chi connectivity index (χ3n) is 2.72. The highest BCUT2D eigenvalue weighted by atomic mass is 16.5. The molecule has 0 aliphatic carbocycles. The van der Waals surface area contributed by atoms with Gasteiger partial charge in [0.15, 0.2) is 0 Å². The van der Waals surface area contributed by atoms with Gasteiger partial charge in [0, 0.05) is 19.3 Å². The molecule has 0 spiro atoms. The van der Waals surface area contributed by atoms with Gasteiger partial charge in [-0.1, -0.05) is 13.8 Å². The van der Waals surface area contributed by atoms with Crippen LogP contribution in [0.3, 0.4) is 0 Å². The van der Waals surface area contributed by atoms with Crippen LogP contribution in [-0.2, 0) is 4.74 Å². The number of hydrogen-bond donors (Lipinski definition) is 1. The van der Waals surface area contributed by atoms with E-state index in [4.69, 9.17) is 4.74 Å². The second-order valence-corrected chi connectivity index (χ2v) is 4.06. The van der Waals surface area contributed by atoms with Crippen LogP contribution in [0.2, 0.25) is 0 Å². The number of rotatable bonds is 9. The molecule has 0 amide bonds. The van der Waals surface area contributed by atoms with E-state index in [1.807, 2.05) is 0 Å². The van der Waals surface area contributed by atoms with Crippen LogP contribution in [0.15, 0.2) is 0 Å². The van der Waals surface area contributed by atoms with Crippen molar-refractivity contribution in [3.63, 3.8) is 0 Å². The Morgan fingerprint density at radius 3 is 2.50 bits per heavy atom. The van der Waals surface area contributed by atoms with Crippen LogP contribution < -0.4 is 5.32 Å². The zero-order valence-corrected chi connectivity index (χ0v) is 10.3. The first-order chi connectivity index (χ1) is 6.72. The first kappa shape index (κ1) is 13.9. The van der Waals surface area contributed by atoms with Gasteiger partial charge >= 0.3 is 0 Å². The Morgan fingerprint density at radius 1 is 1.21 bits per heavy atom. The number of hydrogen-bond acceptors (Lipinski definition) is 2. The fraction of sp³-hybridized carbons (Fsp3) is 1.00. The molecule has 0 rings (SSSR count). The highest BCUT2D eigenvalue weighted by Gasteiger charge is 2.10. The largest absolute Gasteiger partial charge is 0.382 e. The monoisotopic (exact) mass is 201 g/mol. The van der Waals surface area contributed by atoms with Crippen molar-refractivity contribution >= 4 is 0 Å². The average molecular weight is 201 g/mol. The Bertz CT molecular complexity index is 117. The second kappa shape index (κ2) is 9.47. The first-order valence-corrected chi connectivity index (χ1v) is 6.03. The van der Waals surface area contributed by atoms with E-state index in [1.54, 1.807) is 0 Å². The minimum atomic E-state index is 0.636.